The van der Waals surface area contributed by atoms with Gasteiger partial charge in [0.15, 0.2) is 0 Å². The lowest BCUT2D eigenvalue weighted by Gasteiger charge is -2.10. The number of thiophene rings is 1. The topological polar surface area (TPSA) is 102 Å². The van der Waals surface area contributed by atoms with Gasteiger partial charge in [-0.25, -0.2) is 17.9 Å². The number of ether oxygens (including phenoxy) is 1. The minimum absolute atomic E-state index is 0.0681. The summed E-state index contributed by atoms with van der Waals surface area (Å²) in [6, 6.07) is 15.2. The number of rotatable bonds is 7. The number of nitrogens with one attached hydrogen (secondary N) is 2. The zero-order chi connectivity index (χ0) is 21.7. The molecule has 0 spiro atoms. The Kier molecular flexibility index (Phi) is 6.66. The van der Waals surface area contributed by atoms with Gasteiger partial charge in [-0.2, -0.15) is 0 Å². The van der Waals surface area contributed by atoms with Gasteiger partial charge in [0.05, 0.1) is 15.3 Å². The Morgan fingerprint density at radius 2 is 1.63 bits per heavy atom. The van der Waals surface area contributed by atoms with Gasteiger partial charge in [-0.05, 0) is 73.8 Å². The Balaban J connectivity index is 1.62. The summed E-state index contributed by atoms with van der Waals surface area (Å²) < 4.78 is 32.1. The first-order chi connectivity index (χ1) is 14.2. The van der Waals surface area contributed by atoms with Crippen LogP contribution in [0.25, 0.3) is 0 Å². The van der Waals surface area contributed by atoms with Crippen molar-refractivity contribution in [2.75, 3.05) is 5.32 Å². The van der Waals surface area contributed by atoms with Gasteiger partial charge in [0.25, 0.3) is 5.91 Å². The summed E-state index contributed by atoms with van der Waals surface area (Å²) in [5, 5.41) is 4.58. The van der Waals surface area contributed by atoms with Crippen molar-refractivity contribution in [3.8, 4) is 5.75 Å². The minimum Gasteiger partial charge on any atom is -0.423 e. The van der Waals surface area contributed by atoms with Crippen LogP contribution >= 0.6 is 11.3 Å². The fraction of sp³-hybridized carbons (Fsp3) is 0.143. The molecule has 1 heterocycles. The first-order valence-corrected chi connectivity index (χ1v) is 11.4. The van der Waals surface area contributed by atoms with Crippen molar-refractivity contribution in [1.29, 1.82) is 0 Å². The van der Waals surface area contributed by atoms with Crippen molar-refractivity contribution in [3.05, 3.63) is 76.5 Å². The number of hydrogen-bond donors (Lipinski definition) is 2. The monoisotopic (exact) mass is 444 g/mol. The van der Waals surface area contributed by atoms with E-state index in [0.717, 1.165) is 0 Å². The van der Waals surface area contributed by atoms with E-state index in [9.17, 15) is 18.0 Å². The van der Waals surface area contributed by atoms with Gasteiger partial charge in [0.1, 0.15) is 5.75 Å². The van der Waals surface area contributed by atoms with E-state index in [4.69, 9.17) is 4.74 Å². The SMILES string of the molecule is CC(C)NS(=O)(=O)c1ccc(C(=O)Oc2ccc(NC(=O)c3cccs3)cc2)cc1. The molecular weight excluding hydrogens is 424 g/mol. The van der Waals surface area contributed by atoms with E-state index in [-0.39, 0.29) is 22.4 Å². The number of hydrogen-bond acceptors (Lipinski definition) is 6. The van der Waals surface area contributed by atoms with Crippen molar-refractivity contribution in [2.45, 2.75) is 24.8 Å². The van der Waals surface area contributed by atoms with Crippen LogP contribution in [-0.2, 0) is 10.0 Å². The highest BCUT2D eigenvalue weighted by molar-refractivity contribution is 7.89. The summed E-state index contributed by atoms with van der Waals surface area (Å²) in [6.45, 7) is 3.45. The number of sulfonamides is 1. The molecule has 30 heavy (non-hydrogen) atoms. The lowest BCUT2D eigenvalue weighted by molar-refractivity contribution is 0.0734. The van der Waals surface area contributed by atoms with Crippen LogP contribution < -0.4 is 14.8 Å². The molecule has 0 aliphatic rings. The maximum atomic E-state index is 12.3. The molecule has 0 bridgehead atoms. The average Bonchev–Trinajstić information content (AvgIpc) is 3.23. The Bertz CT molecular complexity index is 1120. The van der Waals surface area contributed by atoms with E-state index in [1.165, 1.54) is 35.6 Å². The van der Waals surface area contributed by atoms with E-state index in [1.54, 1.807) is 50.2 Å². The third-order valence-corrected chi connectivity index (χ3v) is 6.40. The second-order valence-electron chi connectivity index (χ2n) is 6.65. The Morgan fingerprint density at radius 1 is 0.967 bits per heavy atom. The van der Waals surface area contributed by atoms with Crippen LogP contribution in [0.4, 0.5) is 5.69 Å². The average molecular weight is 445 g/mol. The molecule has 0 aliphatic heterocycles. The highest BCUT2D eigenvalue weighted by Gasteiger charge is 2.17. The van der Waals surface area contributed by atoms with Gasteiger partial charge in [-0.15, -0.1) is 11.3 Å². The van der Waals surface area contributed by atoms with Gasteiger partial charge < -0.3 is 10.1 Å². The Morgan fingerprint density at radius 3 is 2.20 bits per heavy atom. The van der Waals surface area contributed by atoms with E-state index in [1.807, 2.05) is 5.38 Å². The van der Waals surface area contributed by atoms with Gasteiger partial charge in [-0.3, -0.25) is 4.79 Å². The van der Waals surface area contributed by atoms with Crippen molar-refractivity contribution in [2.24, 2.45) is 0 Å². The van der Waals surface area contributed by atoms with Crippen LogP contribution in [0.15, 0.2) is 70.9 Å². The molecule has 0 saturated carbocycles. The fourth-order valence-electron chi connectivity index (χ4n) is 2.52. The molecule has 0 unspecified atom stereocenters. The smallest absolute Gasteiger partial charge is 0.343 e. The van der Waals surface area contributed by atoms with Crippen molar-refractivity contribution in [1.82, 2.24) is 4.72 Å². The molecule has 3 rings (SSSR count). The molecule has 156 valence electrons. The largest absolute Gasteiger partial charge is 0.423 e. The molecule has 0 atom stereocenters. The Hall–Kier alpha value is -3.01. The fourth-order valence-corrected chi connectivity index (χ4v) is 4.39. The zero-order valence-electron chi connectivity index (χ0n) is 16.3. The highest BCUT2D eigenvalue weighted by Crippen LogP contribution is 2.19. The predicted molar refractivity (Wildman–Crippen MR) is 116 cm³/mol. The molecule has 2 aromatic carbocycles. The van der Waals surface area contributed by atoms with Crippen LogP contribution in [0.5, 0.6) is 5.75 Å². The number of carbonyl (C=O) groups excluding carboxylic acids is 2. The standard InChI is InChI=1S/C21H20N2O5S2/c1-14(2)23-30(26,27)18-11-5-15(6-12-18)21(25)28-17-9-7-16(8-10-17)22-20(24)19-4-3-13-29-19/h3-14,23H,1-2H3,(H,22,24). The lowest BCUT2D eigenvalue weighted by atomic mass is 10.2. The molecule has 1 amide bonds. The molecule has 2 N–H and O–H groups in total. The number of esters is 1. The van der Waals surface area contributed by atoms with Crippen LogP contribution in [0.1, 0.15) is 33.9 Å². The third-order valence-electron chi connectivity index (χ3n) is 3.86. The highest BCUT2D eigenvalue weighted by atomic mass is 32.2. The first-order valence-electron chi connectivity index (χ1n) is 9.04. The number of benzene rings is 2. The van der Waals surface area contributed by atoms with Crippen molar-refractivity contribution in [3.63, 3.8) is 0 Å². The van der Waals surface area contributed by atoms with Crippen LogP contribution in [0.3, 0.4) is 0 Å². The van der Waals surface area contributed by atoms with Gasteiger partial charge in [-0.1, -0.05) is 6.07 Å². The summed E-state index contributed by atoms with van der Waals surface area (Å²) in [4.78, 5) is 25.0. The van der Waals surface area contributed by atoms with Crippen LogP contribution in [0, 0.1) is 0 Å². The maximum Gasteiger partial charge on any atom is 0.343 e. The summed E-state index contributed by atoms with van der Waals surface area (Å²) in [7, 11) is -3.63. The second-order valence-corrected chi connectivity index (χ2v) is 9.31. The normalized spacial score (nSPS) is 11.3. The summed E-state index contributed by atoms with van der Waals surface area (Å²) >= 11 is 1.34. The van der Waals surface area contributed by atoms with Gasteiger partial charge >= 0.3 is 5.97 Å². The predicted octanol–water partition coefficient (Wildman–Crippen LogP) is 3.91. The first kappa shape index (κ1) is 21.7. The van der Waals surface area contributed by atoms with E-state index >= 15 is 0 Å². The van der Waals surface area contributed by atoms with E-state index in [2.05, 4.69) is 10.0 Å². The Labute approximate surface area is 178 Å². The molecule has 7 nitrogen and oxygen atoms in total. The van der Waals surface area contributed by atoms with Crippen molar-refractivity contribution >= 4 is 38.9 Å². The minimum atomic E-state index is -3.63. The molecule has 9 heteroatoms. The lowest BCUT2D eigenvalue weighted by Crippen LogP contribution is -2.30. The third kappa shape index (κ3) is 5.53. The molecule has 0 fully saturated rings. The van der Waals surface area contributed by atoms with Crippen LogP contribution in [0.2, 0.25) is 0 Å². The van der Waals surface area contributed by atoms with Crippen LogP contribution in [-0.4, -0.2) is 26.3 Å². The molecular formula is C21H20N2O5S2. The number of anilines is 1. The summed E-state index contributed by atoms with van der Waals surface area (Å²) in [5.41, 5.74) is 0.786. The zero-order valence-corrected chi connectivity index (χ0v) is 17.9. The molecule has 0 aliphatic carbocycles. The van der Waals surface area contributed by atoms with Gasteiger partial charge in [0, 0.05) is 11.7 Å². The summed E-state index contributed by atoms with van der Waals surface area (Å²) in [5.74, 6) is -0.532. The molecule has 1 aromatic heterocycles. The second kappa shape index (κ2) is 9.21. The quantitative estimate of drug-likeness (QED) is 0.425. The van der Waals surface area contributed by atoms with Gasteiger partial charge in [0.2, 0.25) is 10.0 Å². The van der Waals surface area contributed by atoms with Crippen molar-refractivity contribution < 1.29 is 22.7 Å². The number of amides is 1. The van der Waals surface area contributed by atoms with E-state index < -0.39 is 16.0 Å². The molecule has 0 saturated heterocycles. The molecule has 0 radical (unpaired) electrons. The molecule has 3 aromatic rings. The van der Waals surface area contributed by atoms with E-state index in [0.29, 0.717) is 16.3 Å². The number of carbonyl (C=O) groups is 2. The maximum absolute atomic E-state index is 12.3. The summed E-state index contributed by atoms with van der Waals surface area (Å²) in [6.07, 6.45) is 0.